The highest BCUT2D eigenvalue weighted by atomic mass is 16.2. The molecule has 16 heavy (non-hydrogen) atoms. The summed E-state index contributed by atoms with van der Waals surface area (Å²) in [5.41, 5.74) is 2.20. The van der Waals surface area contributed by atoms with Crippen LogP contribution in [0.3, 0.4) is 0 Å². The summed E-state index contributed by atoms with van der Waals surface area (Å²) < 4.78 is 0. The number of hydrogen-bond donors (Lipinski definition) is 2. The SMILES string of the molecule is O=C1Nc2ccccc2C1C1CCNCC1. The first kappa shape index (κ1) is 9.85. The number of piperidine rings is 1. The first-order chi connectivity index (χ1) is 7.86. The van der Waals surface area contributed by atoms with Gasteiger partial charge < -0.3 is 10.6 Å². The second kappa shape index (κ2) is 3.91. The number of amides is 1. The fourth-order valence-corrected chi connectivity index (χ4v) is 2.88. The molecule has 3 heteroatoms. The van der Waals surface area contributed by atoms with Crippen LogP contribution in [0.2, 0.25) is 0 Å². The van der Waals surface area contributed by atoms with Gasteiger partial charge in [0, 0.05) is 5.69 Å². The molecule has 2 aliphatic rings. The molecule has 1 atom stereocenters. The predicted octanol–water partition coefficient (Wildman–Crippen LogP) is 1.72. The minimum atomic E-state index is 0.0818. The Morgan fingerprint density at radius 2 is 1.88 bits per heavy atom. The highest BCUT2D eigenvalue weighted by Gasteiger charge is 2.36. The number of anilines is 1. The molecule has 84 valence electrons. The Kier molecular flexibility index (Phi) is 2.40. The van der Waals surface area contributed by atoms with Gasteiger partial charge in [-0.15, -0.1) is 0 Å². The lowest BCUT2D eigenvalue weighted by Gasteiger charge is -2.26. The van der Waals surface area contributed by atoms with E-state index in [2.05, 4.69) is 16.7 Å². The maximum Gasteiger partial charge on any atom is 0.232 e. The van der Waals surface area contributed by atoms with Gasteiger partial charge in [-0.25, -0.2) is 0 Å². The molecule has 0 aliphatic carbocycles. The zero-order valence-electron chi connectivity index (χ0n) is 9.20. The lowest BCUT2D eigenvalue weighted by atomic mass is 9.81. The maximum absolute atomic E-state index is 12.0. The topological polar surface area (TPSA) is 41.1 Å². The molecule has 2 heterocycles. The minimum absolute atomic E-state index is 0.0818. The van der Waals surface area contributed by atoms with Crippen molar-refractivity contribution in [3.63, 3.8) is 0 Å². The van der Waals surface area contributed by atoms with Crippen LogP contribution >= 0.6 is 0 Å². The molecule has 1 unspecified atom stereocenters. The molecule has 0 bridgehead atoms. The van der Waals surface area contributed by atoms with Gasteiger partial charge in [-0.05, 0) is 43.5 Å². The Morgan fingerprint density at radius 1 is 1.12 bits per heavy atom. The Balaban J connectivity index is 1.92. The van der Waals surface area contributed by atoms with Crippen LogP contribution in [0.25, 0.3) is 0 Å². The van der Waals surface area contributed by atoms with E-state index < -0.39 is 0 Å². The van der Waals surface area contributed by atoms with Crippen LogP contribution in [0.15, 0.2) is 24.3 Å². The van der Waals surface area contributed by atoms with E-state index in [1.807, 2.05) is 18.2 Å². The Labute approximate surface area is 95.2 Å². The van der Waals surface area contributed by atoms with Crippen molar-refractivity contribution in [1.29, 1.82) is 0 Å². The molecule has 1 aromatic rings. The second-order valence-corrected chi connectivity index (χ2v) is 4.64. The standard InChI is InChI=1S/C13H16N2O/c16-13-12(9-5-7-14-8-6-9)10-3-1-2-4-11(10)15-13/h1-4,9,12,14H,5-8H2,(H,15,16). The highest BCUT2D eigenvalue weighted by Crippen LogP contribution is 2.40. The van der Waals surface area contributed by atoms with E-state index in [1.165, 1.54) is 5.56 Å². The van der Waals surface area contributed by atoms with Crippen molar-refractivity contribution in [2.75, 3.05) is 18.4 Å². The van der Waals surface area contributed by atoms with Crippen molar-refractivity contribution in [2.45, 2.75) is 18.8 Å². The lowest BCUT2D eigenvalue weighted by Crippen LogP contribution is -2.33. The van der Waals surface area contributed by atoms with Crippen LogP contribution in [0.5, 0.6) is 0 Å². The zero-order valence-corrected chi connectivity index (χ0v) is 9.20. The molecule has 3 rings (SSSR count). The molecule has 0 spiro atoms. The summed E-state index contributed by atoms with van der Waals surface area (Å²) in [5, 5.41) is 6.33. The van der Waals surface area contributed by atoms with Crippen molar-refractivity contribution in [2.24, 2.45) is 5.92 Å². The summed E-state index contributed by atoms with van der Waals surface area (Å²) in [6.45, 7) is 2.08. The van der Waals surface area contributed by atoms with Crippen LogP contribution in [-0.4, -0.2) is 19.0 Å². The Bertz CT molecular complexity index is 410. The van der Waals surface area contributed by atoms with Gasteiger partial charge in [-0.1, -0.05) is 18.2 Å². The molecule has 1 saturated heterocycles. The van der Waals surface area contributed by atoms with Gasteiger partial charge in [-0.3, -0.25) is 4.79 Å². The van der Waals surface area contributed by atoms with E-state index in [-0.39, 0.29) is 11.8 Å². The third-order valence-corrected chi connectivity index (χ3v) is 3.69. The summed E-state index contributed by atoms with van der Waals surface area (Å²) in [6.07, 6.45) is 2.21. The van der Waals surface area contributed by atoms with Crippen molar-refractivity contribution < 1.29 is 4.79 Å². The second-order valence-electron chi connectivity index (χ2n) is 4.64. The fraction of sp³-hybridized carbons (Fsp3) is 0.462. The molecule has 1 aromatic carbocycles. The number of fused-ring (bicyclic) bond motifs is 1. The molecule has 2 aliphatic heterocycles. The van der Waals surface area contributed by atoms with E-state index in [0.717, 1.165) is 31.6 Å². The van der Waals surface area contributed by atoms with E-state index in [9.17, 15) is 4.79 Å². The lowest BCUT2D eigenvalue weighted by molar-refractivity contribution is -0.118. The monoisotopic (exact) mass is 216 g/mol. The molecule has 0 saturated carbocycles. The van der Waals surface area contributed by atoms with E-state index in [1.54, 1.807) is 0 Å². The van der Waals surface area contributed by atoms with Gasteiger partial charge in [0.15, 0.2) is 0 Å². The number of nitrogens with one attached hydrogen (secondary N) is 2. The van der Waals surface area contributed by atoms with Crippen molar-refractivity contribution >= 4 is 11.6 Å². The first-order valence-electron chi connectivity index (χ1n) is 5.97. The van der Waals surface area contributed by atoms with E-state index in [0.29, 0.717) is 5.92 Å². The zero-order chi connectivity index (χ0) is 11.0. The average Bonchev–Trinajstić information content (AvgIpc) is 2.66. The summed E-state index contributed by atoms with van der Waals surface area (Å²) >= 11 is 0. The molecule has 3 nitrogen and oxygen atoms in total. The van der Waals surface area contributed by atoms with Gasteiger partial charge in [0.1, 0.15) is 0 Å². The molecular weight excluding hydrogens is 200 g/mol. The molecule has 0 aromatic heterocycles. The molecule has 1 fully saturated rings. The van der Waals surface area contributed by atoms with Crippen molar-refractivity contribution in [1.82, 2.24) is 5.32 Å². The fourth-order valence-electron chi connectivity index (χ4n) is 2.88. The van der Waals surface area contributed by atoms with Gasteiger partial charge in [-0.2, -0.15) is 0 Å². The number of para-hydroxylation sites is 1. The molecule has 2 N–H and O–H groups in total. The molecule has 1 amide bonds. The number of hydrogen-bond acceptors (Lipinski definition) is 2. The highest BCUT2D eigenvalue weighted by molar-refractivity contribution is 6.03. The third kappa shape index (κ3) is 1.52. The molecular formula is C13H16N2O. The maximum atomic E-state index is 12.0. The van der Waals surface area contributed by atoms with E-state index in [4.69, 9.17) is 0 Å². The number of benzene rings is 1. The van der Waals surface area contributed by atoms with Crippen molar-refractivity contribution in [3.05, 3.63) is 29.8 Å². The normalized spacial score (nSPS) is 25.2. The number of rotatable bonds is 1. The summed E-state index contributed by atoms with van der Waals surface area (Å²) in [6, 6.07) is 8.07. The quantitative estimate of drug-likeness (QED) is 0.750. The van der Waals surface area contributed by atoms with Crippen LogP contribution in [0.1, 0.15) is 24.3 Å². The minimum Gasteiger partial charge on any atom is -0.325 e. The third-order valence-electron chi connectivity index (χ3n) is 3.69. The molecule has 0 radical (unpaired) electrons. The van der Waals surface area contributed by atoms with Crippen LogP contribution in [-0.2, 0) is 4.79 Å². The summed E-state index contributed by atoms with van der Waals surface area (Å²) in [5.74, 6) is 0.774. The Hall–Kier alpha value is -1.35. The number of carbonyl (C=O) groups excluding carboxylic acids is 1. The van der Waals surface area contributed by atoms with Gasteiger partial charge in [0.25, 0.3) is 0 Å². The van der Waals surface area contributed by atoms with E-state index >= 15 is 0 Å². The smallest absolute Gasteiger partial charge is 0.232 e. The largest absolute Gasteiger partial charge is 0.325 e. The van der Waals surface area contributed by atoms with Gasteiger partial charge in [0.05, 0.1) is 5.92 Å². The average molecular weight is 216 g/mol. The predicted molar refractivity (Wildman–Crippen MR) is 63.4 cm³/mol. The summed E-state index contributed by atoms with van der Waals surface area (Å²) in [7, 11) is 0. The van der Waals surface area contributed by atoms with Gasteiger partial charge in [0.2, 0.25) is 5.91 Å². The Morgan fingerprint density at radius 3 is 2.69 bits per heavy atom. The van der Waals surface area contributed by atoms with Crippen LogP contribution < -0.4 is 10.6 Å². The first-order valence-corrected chi connectivity index (χ1v) is 5.97. The van der Waals surface area contributed by atoms with Crippen LogP contribution in [0.4, 0.5) is 5.69 Å². The van der Waals surface area contributed by atoms with Crippen molar-refractivity contribution in [3.8, 4) is 0 Å². The summed E-state index contributed by atoms with van der Waals surface area (Å²) in [4.78, 5) is 12.0. The van der Waals surface area contributed by atoms with Crippen LogP contribution in [0, 0.1) is 5.92 Å². The van der Waals surface area contributed by atoms with Gasteiger partial charge >= 0.3 is 0 Å². The number of carbonyl (C=O) groups is 1.